The number of hydrogen-bond acceptors (Lipinski definition) is 4. The third-order valence-corrected chi connectivity index (χ3v) is 3.32. The molecule has 1 rings (SSSR count). The summed E-state index contributed by atoms with van der Waals surface area (Å²) < 4.78 is 5.79. The number of ether oxygens (including phenoxy) is 1. The van der Waals surface area contributed by atoms with Crippen LogP contribution in [0.15, 0.2) is 24.3 Å². The first-order chi connectivity index (χ1) is 10.6. The van der Waals surface area contributed by atoms with Crippen molar-refractivity contribution in [3.8, 4) is 0 Å². The van der Waals surface area contributed by atoms with E-state index in [2.05, 4.69) is 45.3 Å². The quantitative estimate of drug-likeness (QED) is 0.688. The molecule has 0 aliphatic rings. The van der Waals surface area contributed by atoms with E-state index in [-0.39, 0.29) is 17.0 Å². The Kier molecular flexibility index (Phi) is 7.03. The van der Waals surface area contributed by atoms with E-state index in [0.29, 0.717) is 25.3 Å². The van der Waals surface area contributed by atoms with E-state index >= 15 is 0 Å². The summed E-state index contributed by atoms with van der Waals surface area (Å²) >= 11 is 0. The minimum absolute atomic E-state index is 0.0887. The third-order valence-electron chi connectivity index (χ3n) is 3.32. The third kappa shape index (κ3) is 8.00. The molecular formula is C18H31N3O2. The molecule has 0 aliphatic heterocycles. The molecule has 130 valence electrons. The Morgan fingerprint density at radius 2 is 1.74 bits per heavy atom. The van der Waals surface area contributed by atoms with Gasteiger partial charge in [-0.25, -0.2) is 0 Å². The van der Waals surface area contributed by atoms with Gasteiger partial charge in [0, 0.05) is 36.5 Å². The summed E-state index contributed by atoms with van der Waals surface area (Å²) in [5.41, 5.74) is 6.80. The first-order valence-corrected chi connectivity index (χ1v) is 8.13. The van der Waals surface area contributed by atoms with Crippen molar-refractivity contribution in [2.45, 2.75) is 52.2 Å². The van der Waals surface area contributed by atoms with Gasteiger partial charge >= 0.3 is 0 Å². The minimum Gasteiger partial charge on any atom is -0.380 e. The second-order valence-corrected chi connectivity index (χ2v) is 7.34. The molecular weight excluding hydrogens is 290 g/mol. The van der Waals surface area contributed by atoms with E-state index in [0.717, 1.165) is 12.1 Å². The summed E-state index contributed by atoms with van der Waals surface area (Å²) in [7, 11) is 0. The van der Waals surface area contributed by atoms with Crippen molar-refractivity contribution >= 4 is 11.6 Å². The SMILES string of the molecule is CC(C)(CCOC(C)(C)C)Nc1ccc(C(=O)NCCN)cc1. The highest BCUT2D eigenvalue weighted by atomic mass is 16.5. The van der Waals surface area contributed by atoms with Crippen molar-refractivity contribution in [3.63, 3.8) is 0 Å². The molecule has 23 heavy (non-hydrogen) atoms. The fraction of sp³-hybridized carbons (Fsp3) is 0.611. The zero-order chi connectivity index (χ0) is 17.5. The van der Waals surface area contributed by atoms with Crippen molar-refractivity contribution in [1.29, 1.82) is 0 Å². The van der Waals surface area contributed by atoms with E-state index in [1.165, 1.54) is 0 Å². The number of nitrogens with one attached hydrogen (secondary N) is 2. The lowest BCUT2D eigenvalue weighted by Gasteiger charge is -2.29. The predicted octanol–water partition coefficient (Wildman–Crippen LogP) is 2.77. The summed E-state index contributed by atoms with van der Waals surface area (Å²) in [6.45, 7) is 12.1. The van der Waals surface area contributed by atoms with E-state index < -0.39 is 0 Å². The average Bonchev–Trinajstić information content (AvgIpc) is 2.43. The molecule has 5 nitrogen and oxygen atoms in total. The van der Waals surface area contributed by atoms with Gasteiger partial charge in [-0.1, -0.05) is 0 Å². The van der Waals surface area contributed by atoms with Crippen molar-refractivity contribution in [1.82, 2.24) is 5.32 Å². The lowest BCUT2D eigenvalue weighted by molar-refractivity contribution is -0.00846. The number of nitrogens with two attached hydrogens (primary N) is 1. The fourth-order valence-corrected chi connectivity index (χ4v) is 2.06. The van der Waals surface area contributed by atoms with Crippen LogP contribution in [0.25, 0.3) is 0 Å². The van der Waals surface area contributed by atoms with Gasteiger partial charge in [-0.05, 0) is 65.3 Å². The molecule has 0 aromatic heterocycles. The normalized spacial score (nSPS) is 12.1. The summed E-state index contributed by atoms with van der Waals surface area (Å²) in [4.78, 5) is 11.8. The molecule has 4 N–H and O–H groups in total. The van der Waals surface area contributed by atoms with Crippen molar-refractivity contribution in [2.75, 3.05) is 25.0 Å². The van der Waals surface area contributed by atoms with Gasteiger partial charge in [0.05, 0.1) is 5.60 Å². The van der Waals surface area contributed by atoms with Crippen molar-refractivity contribution in [3.05, 3.63) is 29.8 Å². The predicted molar refractivity (Wildman–Crippen MR) is 95.9 cm³/mol. The maximum Gasteiger partial charge on any atom is 0.251 e. The molecule has 0 saturated carbocycles. The Morgan fingerprint density at radius 3 is 2.26 bits per heavy atom. The molecule has 0 atom stereocenters. The number of carbonyl (C=O) groups is 1. The molecule has 5 heteroatoms. The van der Waals surface area contributed by atoms with Crippen LogP contribution < -0.4 is 16.4 Å². The Hall–Kier alpha value is -1.59. The maximum atomic E-state index is 11.8. The van der Waals surface area contributed by atoms with E-state index in [4.69, 9.17) is 10.5 Å². The van der Waals surface area contributed by atoms with Crippen LogP contribution in [-0.4, -0.2) is 36.7 Å². The number of anilines is 1. The lowest BCUT2D eigenvalue weighted by Crippen LogP contribution is -2.34. The molecule has 1 aromatic carbocycles. The fourth-order valence-electron chi connectivity index (χ4n) is 2.06. The van der Waals surface area contributed by atoms with Crippen LogP contribution in [0.3, 0.4) is 0 Å². The van der Waals surface area contributed by atoms with Crippen molar-refractivity contribution < 1.29 is 9.53 Å². The molecule has 0 saturated heterocycles. The van der Waals surface area contributed by atoms with Gasteiger partial charge in [-0.3, -0.25) is 4.79 Å². The molecule has 0 aliphatic carbocycles. The highest BCUT2D eigenvalue weighted by molar-refractivity contribution is 5.94. The second kappa shape index (κ2) is 8.31. The number of rotatable bonds is 8. The van der Waals surface area contributed by atoms with Crippen LogP contribution in [0.2, 0.25) is 0 Å². The minimum atomic E-state index is -0.116. The van der Waals surface area contributed by atoms with Gasteiger partial charge in [0.25, 0.3) is 5.91 Å². The number of benzene rings is 1. The maximum absolute atomic E-state index is 11.8. The van der Waals surface area contributed by atoms with Gasteiger partial charge in [-0.2, -0.15) is 0 Å². The monoisotopic (exact) mass is 321 g/mol. The lowest BCUT2D eigenvalue weighted by atomic mass is 10.00. The molecule has 1 amide bonds. The standard InChI is InChI=1S/C18H31N3O2/c1-17(2,3)23-13-10-18(4,5)21-15-8-6-14(7-9-15)16(22)20-12-11-19/h6-9,21H,10-13,19H2,1-5H3,(H,20,22). The molecule has 0 spiro atoms. The van der Waals surface area contributed by atoms with Crippen molar-refractivity contribution in [2.24, 2.45) is 5.73 Å². The molecule has 0 unspecified atom stereocenters. The molecule has 0 radical (unpaired) electrons. The summed E-state index contributed by atoms with van der Waals surface area (Å²) in [5.74, 6) is -0.0974. The highest BCUT2D eigenvalue weighted by Crippen LogP contribution is 2.20. The van der Waals surface area contributed by atoms with Crippen LogP contribution in [0.5, 0.6) is 0 Å². The molecule has 0 fully saturated rings. The molecule has 0 heterocycles. The molecule has 1 aromatic rings. The van der Waals surface area contributed by atoms with Gasteiger partial charge in [0.2, 0.25) is 0 Å². The Balaban J connectivity index is 2.54. The first-order valence-electron chi connectivity index (χ1n) is 8.13. The van der Waals surface area contributed by atoms with E-state index in [1.807, 2.05) is 24.3 Å². The zero-order valence-electron chi connectivity index (χ0n) is 15.0. The summed E-state index contributed by atoms with van der Waals surface area (Å²) in [5, 5.41) is 6.24. The van der Waals surface area contributed by atoms with Crippen LogP contribution >= 0.6 is 0 Å². The van der Waals surface area contributed by atoms with E-state index in [9.17, 15) is 4.79 Å². The van der Waals surface area contributed by atoms with Crippen LogP contribution in [0.1, 0.15) is 51.4 Å². The van der Waals surface area contributed by atoms with Gasteiger partial charge < -0.3 is 21.1 Å². The smallest absolute Gasteiger partial charge is 0.251 e. The Labute approximate surface area is 140 Å². The summed E-state index contributed by atoms with van der Waals surface area (Å²) in [6, 6.07) is 7.47. The first kappa shape index (κ1) is 19.5. The van der Waals surface area contributed by atoms with Gasteiger partial charge in [0.15, 0.2) is 0 Å². The van der Waals surface area contributed by atoms with Crippen LogP contribution in [0, 0.1) is 0 Å². The van der Waals surface area contributed by atoms with Gasteiger partial charge in [-0.15, -0.1) is 0 Å². The number of hydrogen-bond donors (Lipinski definition) is 3. The highest BCUT2D eigenvalue weighted by Gasteiger charge is 2.19. The topological polar surface area (TPSA) is 76.4 Å². The van der Waals surface area contributed by atoms with E-state index in [1.54, 1.807) is 0 Å². The van der Waals surface area contributed by atoms with Crippen LogP contribution in [0.4, 0.5) is 5.69 Å². The second-order valence-electron chi connectivity index (χ2n) is 7.34. The molecule has 0 bridgehead atoms. The average molecular weight is 321 g/mol. The number of amides is 1. The Bertz CT molecular complexity index is 490. The largest absolute Gasteiger partial charge is 0.380 e. The zero-order valence-corrected chi connectivity index (χ0v) is 15.0. The van der Waals surface area contributed by atoms with Gasteiger partial charge in [0.1, 0.15) is 0 Å². The summed E-state index contributed by atoms with van der Waals surface area (Å²) in [6.07, 6.45) is 0.892. The Morgan fingerprint density at radius 1 is 1.13 bits per heavy atom. The van der Waals surface area contributed by atoms with Crippen LogP contribution in [-0.2, 0) is 4.74 Å². The number of carbonyl (C=O) groups excluding carboxylic acids is 1.